The number of hydrogen-bond donors (Lipinski definition) is 1. The van der Waals surface area contributed by atoms with Crippen LogP contribution < -0.4 is 5.32 Å². The highest BCUT2D eigenvalue weighted by molar-refractivity contribution is 5.85. The maximum atomic E-state index is 12.0. The first-order chi connectivity index (χ1) is 4.94. The van der Waals surface area contributed by atoms with E-state index in [4.69, 9.17) is 0 Å². The normalized spacial score (nSPS) is 29.8. The average Bonchev–Trinajstić information content (AvgIpc) is 2.63. The Labute approximate surface area is 60.5 Å². The lowest BCUT2D eigenvalue weighted by Gasteiger charge is -2.14. The number of alkyl halides is 3. The molecule has 3 nitrogen and oxygen atoms in total. The number of methoxy groups -OCH3 is 1. The van der Waals surface area contributed by atoms with Crippen LogP contribution >= 0.6 is 0 Å². The van der Waals surface area contributed by atoms with Crippen molar-refractivity contribution in [3.63, 3.8) is 0 Å². The maximum absolute atomic E-state index is 12.0. The van der Waals surface area contributed by atoms with Gasteiger partial charge in [0.25, 0.3) is 0 Å². The molecule has 1 atom stereocenters. The molecule has 0 aromatic heterocycles. The maximum Gasteiger partial charge on any atom is 0.418 e. The van der Waals surface area contributed by atoms with Gasteiger partial charge in [0.15, 0.2) is 0 Å². The summed E-state index contributed by atoms with van der Waals surface area (Å²) in [6.07, 6.45) is -4.56. The average molecular weight is 169 g/mol. The molecule has 0 bridgehead atoms. The summed E-state index contributed by atoms with van der Waals surface area (Å²) >= 11 is 0. The molecule has 1 N–H and O–H groups in total. The van der Waals surface area contributed by atoms with E-state index in [-0.39, 0.29) is 6.54 Å². The third kappa shape index (κ3) is 1.07. The van der Waals surface area contributed by atoms with Gasteiger partial charge >= 0.3 is 12.1 Å². The van der Waals surface area contributed by atoms with Gasteiger partial charge in [-0.05, 0) is 0 Å². The fourth-order valence-corrected chi connectivity index (χ4v) is 0.723. The molecule has 0 aliphatic carbocycles. The predicted octanol–water partition coefficient (Wildman–Crippen LogP) is 0.0637. The van der Waals surface area contributed by atoms with Crippen LogP contribution in [0.5, 0.6) is 0 Å². The molecule has 0 spiro atoms. The van der Waals surface area contributed by atoms with Crippen LogP contribution in [0.4, 0.5) is 13.2 Å². The molecule has 0 aromatic carbocycles. The van der Waals surface area contributed by atoms with Crippen LogP contribution in [0.3, 0.4) is 0 Å². The van der Waals surface area contributed by atoms with Crippen molar-refractivity contribution in [1.29, 1.82) is 0 Å². The summed E-state index contributed by atoms with van der Waals surface area (Å²) in [7, 11) is 0.926. The second-order valence-corrected chi connectivity index (χ2v) is 2.25. The van der Waals surface area contributed by atoms with Crippen LogP contribution in [0.25, 0.3) is 0 Å². The first-order valence-corrected chi connectivity index (χ1v) is 2.84. The Morgan fingerprint density at radius 2 is 2.09 bits per heavy atom. The molecule has 0 radical (unpaired) electrons. The Morgan fingerprint density at radius 3 is 2.18 bits per heavy atom. The van der Waals surface area contributed by atoms with Crippen molar-refractivity contribution < 1.29 is 22.7 Å². The largest absolute Gasteiger partial charge is 0.467 e. The number of carbonyl (C=O) groups is 1. The summed E-state index contributed by atoms with van der Waals surface area (Å²) < 4.78 is 39.9. The van der Waals surface area contributed by atoms with Crippen molar-refractivity contribution in [2.75, 3.05) is 13.7 Å². The van der Waals surface area contributed by atoms with Crippen LogP contribution in [0.2, 0.25) is 0 Å². The van der Waals surface area contributed by atoms with Gasteiger partial charge in [-0.1, -0.05) is 0 Å². The lowest BCUT2D eigenvalue weighted by Crippen LogP contribution is -2.44. The summed E-state index contributed by atoms with van der Waals surface area (Å²) in [6.45, 7) is -0.386. The van der Waals surface area contributed by atoms with Crippen LogP contribution in [-0.4, -0.2) is 31.3 Å². The van der Waals surface area contributed by atoms with Crippen LogP contribution in [-0.2, 0) is 9.53 Å². The van der Waals surface area contributed by atoms with Crippen molar-refractivity contribution in [3.8, 4) is 0 Å². The van der Waals surface area contributed by atoms with Gasteiger partial charge in [0.2, 0.25) is 5.54 Å². The molecule has 1 heterocycles. The fraction of sp³-hybridized carbons (Fsp3) is 0.800. The molecule has 1 fully saturated rings. The number of carbonyl (C=O) groups excluding carboxylic acids is 1. The molecule has 64 valence electrons. The molecule has 11 heavy (non-hydrogen) atoms. The number of hydrogen-bond acceptors (Lipinski definition) is 3. The summed E-state index contributed by atoms with van der Waals surface area (Å²) in [5.41, 5.74) is -2.41. The number of ether oxygens (including phenoxy) is 1. The third-order valence-electron chi connectivity index (χ3n) is 1.55. The zero-order valence-electron chi connectivity index (χ0n) is 5.66. The minimum atomic E-state index is -4.56. The number of nitrogens with one attached hydrogen (secondary N) is 1. The van der Waals surface area contributed by atoms with Crippen molar-refractivity contribution >= 4 is 5.97 Å². The molecule has 1 aliphatic heterocycles. The standard InChI is InChI=1S/C5H6F3NO2/c1-11-3(10)4(2-9-4)5(6,7)8/h9H,2H2,1H3/t4-/m1/s1. The Hall–Kier alpha value is -0.780. The van der Waals surface area contributed by atoms with E-state index >= 15 is 0 Å². The van der Waals surface area contributed by atoms with Crippen molar-refractivity contribution in [1.82, 2.24) is 5.32 Å². The molecule has 6 heteroatoms. The van der Waals surface area contributed by atoms with Crippen LogP contribution in [0, 0.1) is 0 Å². The zero-order chi connectivity index (χ0) is 8.70. The van der Waals surface area contributed by atoms with Gasteiger partial charge in [0.1, 0.15) is 0 Å². The van der Waals surface area contributed by atoms with Crippen molar-refractivity contribution in [2.24, 2.45) is 0 Å². The van der Waals surface area contributed by atoms with E-state index in [1.807, 2.05) is 5.32 Å². The molecule has 0 amide bonds. The highest BCUT2D eigenvalue weighted by Crippen LogP contribution is 2.38. The molecule has 1 rings (SSSR count). The monoisotopic (exact) mass is 169 g/mol. The smallest absolute Gasteiger partial charge is 0.418 e. The van der Waals surface area contributed by atoms with Gasteiger partial charge < -0.3 is 4.74 Å². The quantitative estimate of drug-likeness (QED) is 0.446. The number of rotatable bonds is 1. The Kier molecular flexibility index (Phi) is 1.59. The van der Waals surface area contributed by atoms with E-state index < -0.39 is 17.7 Å². The molecular weight excluding hydrogens is 163 g/mol. The van der Waals surface area contributed by atoms with Crippen molar-refractivity contribution in [3.05, 3.63) is 0 Å². The fourth-order valence-electron chi connectivity index (χ4n) is 0.723. The molecule has 1 saturated heterocycles. The molecule has 0 aromatic rings. The van der Waals surface area contributed by atoms with E-state index in [1.54, 1.807) is 0 Å². The lowest BCUT2D eigenvalue weighted by atomic mass is 10.1. The first-order valence-electron chi connectivity index (χ1n) is 2.84. The second kappa shape index (κ2) is 2.10. The molecule has 1 aliphatic rings. The van der Waals surface area contributed by atoms with Gasteiger partial charge in [-0.3, -0.25) is 5.32 Å². The van der Waals surface area contributed by atoms with E-state index in [0.717, 1.165) is 7.11 Å². The molecule has 0 unspecified atom stereocenters. The summed E-state index contributed by atoms with van der Waals surface area (Å²) in [5, 5.41) is 1.94. The molecular formula is C5H6F3NO2. The van der Waals surface area contributed by atoms with Crippen molar-refractivity contribution in [2.45, 2.75) is 11.7 Å². The van der Waals surface area contributed by atoms with E-state index in [9.17, 15) is 18.0 Å². The predicted molar refractivity (Wildman–Crippen MR) is 28.8 cm³/mol. The number of esters is 1. The second-order valence-electron chi connectivity index (χ2n) is 2.25. The minimum Gasteiger partial charge on any atom is -0.467 e. The van der Waals surface area contributed by atoms with E-state index in [1.165, 1.54) is 0 Å². The Bertz CT molecular complexity index is 185. The van der Waals surface area contributed by atoms with Crippen LogP contribution in [0.1, 0.15) is 0 Å². The van der Waals surface area contributed by atoms with Gasteiger partial charge in [0.05, 0.1) is 7.11 Å². The van der Waals surface area contributed by atoms with Gasteiger partial charge in [-0.15, -0.1) is 0 Å². The van der Waals surface area contributed by atoms with Gasteiger partial charge in [-0.25, -0.2) is 4.79 Å². The summed E-state index contributed by atoms with van der Waals surface area (Å²) in [4.78, 5) is 10.5. The number of halogens is 3. The van der Waals surface area contributed by atoms with Gasteiger partial charge in [0, 0.05) is 6.54 Å². The topological polar surface area (TPSA) is 48.2 Å². The zero-order valence-corrected chi connectivity index (χ0v) is 5.66. The Morgan fingerprint density at radius 1 is 1.64 bits per heavy atom. The third-order valence-corrected chi connectivity index (χ3v) is 1.55. The SMILES string of the molecule is COC(=O)[C@@]1(C(F)(F)F)CN1. The molecule has 0 saturated carbocycles. The van der Waals surface area contributed by atoms with Gasteiger partial charge in [-0.2, -0.15) is 13.2 Å². The summed E-state index contributed by atoms with van der Waals surface area (Å²) in [6, 6.07) is 0. The Balaban J connectivity index is 2.76. The van der Waals surface area contributed by atoms with Crippen LogP contribution in [0.15, 0.2) is 0 Å². The highest BCUT2D eigenvalue weighted by atomic mass is 19.4. The van der Waals surface area contributed by atoms with E-state index in [0.29, 0.717) is 0 Å². The van der Waals surface area contributed by atoms with E-state index in [2.05, 4.69) is 4.74 Å². The highest BCUT2D eigenvalue weighted by Gasteiger charge is 2.70. The minimum absolute atomic E-state index is 0.386. The first kappa shape index (κ1) is 8.32. The summed E-state index contributed by atoms with van der Waals surface area (Å²) in [5.74, 6) is -1.27. The lowest BCUT2D eigenvalue weighted by molar-refractivity contribution is -0.185.